The number of hydrogen-bond acceptors (Lipinski definition) is 3. The van der Waals surface area contributed by atoms with Crippen LogP contribution in [0.1, 0.15) is 48.5 Å². The van der Waals surface area contributed by atoms with Crippen LogP contribution in [0.15, 0.2) is 24.3 Å². The van der Waals surface area contributed by atoms with Crippen molar-refractivity contribution < 1.29 is 9.59 Å². The van der Waals surface area contributed by atoms with Crippen molar-refractivity contribution in [2.24, 2.45) is 17.4 Å². The van der Waals surface area contributed by atoms with E-state index in [1.807, 2.05) is 13.0 Å². The highest BCUT2D eigenvalue weighted by atomic mass is 35.5. The van der Waals surface area contributed by atoms with Crippen LogP contribution in [0.5, 0.6) is 0 Å². The Balaban J connectivity index is 0.00000264. The van der Waals surface area contributed by atoms with E-state index in [2.05, 4.69) is 5.32 Å². The molecule has 0 bridgehead atoms. The Morgan fingerprint density at radius 1 is 1.35 bits per heavy atom. The van der Waals surface area contributed by atoms with Crippen LogP contribution in [0.25, 0.3) is 0 Å². The van der Waals surface area contributed by atoms with E-state index in [4.69, 9.17) is 11.5 Å². The molecule has 0 radical (unpaired) electrons. The minimum Gasteiger partial charge on any atom is -0.366 e. The average Bonchev–Trinajstić information content (AvgIpc) is 2.47. The molecule has 23 heavy (non-hydrogen) atoms. The van der Waals surface area contributed by atoms with Crippen molar-refractivity contribution in [2.45, 2.75) is 44.6 Å². The minimum atomic E-state index is -0.438. The van der Waals surface area contributed by atoms with Gasteiger partial charge in [0.1, 0.15) is 0 Å². The predicted octanol–water partition coefficient (Wildman–Crippen LogP) is 1.77. The lowest BCUT2D eigenvalue weighted by Gasteiger charge is -2.37. The molecule has 1 aromatic rings. The van der Waals surface area contributed by atoms with Gasteiger partial charge in [-0.25, -0.2) is 0 Å². The standard InChI is InChI=1S/C17H25N3O2.ClH/c1-17(19)9-3-2-7-14(17)16(22)20-10-8-12-5-4-6-13(11-12)15(18)21;/h4-6,11,14H,2-3,7-10,19H2,1H3,(H2,18,21)(H,20,22);1H. The smallest absolute Gasteiger partial charge is 0.248 e. The number of benzene rings is 1. The van der Waals surface area contributed by atoms with Gasteiger partial charge in [-0.1, -0.05) is 25.0 Å². The van der Waals surface area contributed by atoms with Gasteiger partial charge in [0.05, 0.1) is 5.92 Å². The minimum absolute atomic E-state index is 0. The van der Waals surface area contributed by atoms with E-state index in [0.717, 1.165) is 31.2 Å². The normalized spacial score (nSPS) is 23.7. The lowest BCUT2D eigenvalue weighted by atomic mass is 9.74. The molecule has 1 saturated carbocycles. The second-order valence-electron chi connectivity index (χ2n) is 6.41. The molecule has 5 N–H and O–H groups in total. The summed E-state index contributed by atoms with van der Waals surface area (Å²) < 4.78 is 0. The summed E-state index contributed by atoms with van der Waals surface area (Å²) in [6, 6.07) is 7.18. The SMILES string of the molecule is CC1(N)CCCCC1C(=O)NCCc1cccc(C(N)=O)c1.Cl. The molecule has 1 aromatic carbocycles. The van der Waals surface area contributed by atoms with Crippen molar-refractivity contribution in [3.8, 4) is 0 Å². The van der Waals surface area contributed by atoms with Crippen LogP contribution in [-0.4, -0.2) is 23.9 Å². The van der Waals surface area contributed by atoms with Crippen molar-refractivity contribution in [2.75, 3.05) is 6.54 Å². The molecule has 2 rings (SSSR count). The number of halogens is 1. The van der Waals surface area contributed by atoms with E-state index in [0.29, 0.717) is 18.5 Å². The summed E-state index contributed by atoms with van der Waals surface area (Å²) in [6.45, 7) is 2.50. The van der Waals surface area contributed by atoms with Gasteiger partial charge in [-0.15, -0.1) is 12.4 Å². The fourth-order valence-corrected chi connectivity index (χ4v) is 3.12. The van der Waals surface area contributed by atoms with Gasteiger partial charge in [-0.3, -0.25) is 9.59 Å². The average molecular weight is 340 g/mol. The summed E-state index contributed by atoms with van der Waals surface area (Å²) in [5.41, 5.74) is 12.6. The highest BCUT2D eigenvalue weighted by Crippen LogP contribution is 2.31. The molecule has 2 atom stereocenters. The molecule has 1 fully saturated rings. The van der Waals surface area contributed by atoms with Gasteiger partial charge in [-0.05, 0) is 43.9 Å². The molecule has 1 aliphatic rings. The number of rotatable bonds is 5. The summed E-state index contributed by atoms with van der Waals surface area (Å²) >= 11 is 0. The van der Waals surface area contributed by atoms with E-state index < -0.39 is 11.4 Å². The first kappa shape index (κ1) is 19.5. The highest BCUT2D eigenvalue weighted by molar-refractivity contribution is 5.92. The number of hydrogen-bond donors (Lipinski definition) is 3. The molecule has 2 unspecified atom stereocenters. The third-order valence-corrected chi connectivity index (χ3v) is 4.50. The second-order valence-corrected chi connectivity index (χ2v) is 6.41. The molecular formula is C17H26ClN3O2. The first-order valence-corrected chi connectivity index (χ1v) is 7.85. The molecular weight excluding hydrogens is 314 g/mol. The molecule has 128 valence electrons. The maximum Gasteiger partial charge on any atom is 0.248 e. The van der Waals surface area contributed by atoms with Gasteiger partial charge in [0.25, 0.3) is 0 Å². The van der Waals surface area contributed by atoms with Gasteiger partial charge < -0.3 is 16.8 Å². The lowest BCUT2D eigenvalue weighted by Crippen LogP contribution is -2.53. The number of primary amides is 1. The zero-order chi connectivity index (χ0) is 16.2. The zero-order valence-electron chi connectivity index (χ0n) is 13.5. The third-order valence-electron chi connectivity index (χ3n) is 4.50. The van der Waals surface area contributed by atoms with Crippen LogP contribution in [0.2, 0.25) is 0 Å². The highest BCUT2D eigenvalue weighted by Gasteiger charge is 2.37. The van der Waals surface area contributed by atoms with Crippen LogP contribution < -0.4 is 16.8 Å². The summed E-state index contributed by atoms with van der Waals surface area (Å²) in [7, 11) is 0. The van der Waals surface area contributed by atoms with Crippen molar-refractivity contribution in [3.05, 3.63) is 35.4 Å². The maximum atomic E-state index is 12.3. The topological polar surface area (TPSA) is 98.2 Å². The monoisotopic (exact) mass is 339 g/mol. The van der Waals surface area contributed by atoms with Crippen molar-refractivity contribution in [1.29, 1.82) is 0 Å². The number of carbonyl (C=O) groups excluding carboxylic acids is 2. The Kier molecular flexibility index (Phi) is 7.03. The van der Waals surface area contributed by atoms with Crippen molar-refractivity contribution in [3.63, 3.8) is 0 Å². The molecule has 0 aliphatic heterocycles. The van der Waals surface area contributed by atoms with Crippen LogP contribution in [0.3, 0.4) is 0 Å². The molecule has 1 aliphatic carbocycles. The molecule has 2 amide bonds. The quantitative estimate of drug-likeness (QED) is 0.762. The van der Waals surface area contributed by atoms with Gasteiger partial charge >= 0.3 is 0 Å². The molecule has 0 spiro atoms. The van der Waals surface area contributed by atoms with Gasteiger partial charge in [0.2, 0.25) is 11.8 Å². The summed E-state index contributed by atoms with van der Waals surface area (Å²) in [5, 5.41) is 2.97. The van der Waals surface area contributed by atoms with Crippen LogP contribution in [0, 0.1) is 5.92 Å². The maximum absolute atomic E-state index is 12.3. The van der Waals surface area contributed by atoms with Gasteiger partial charge in [0, 0.05) is 17.6 Å². The number of amides is 2. The third kappa shape index (κ3) is 5.22. The fraction of sp³-hybridized carbons (Fsp3) is 0.529. The molecule has 6 heteroatoms. The summed E-state index contributed by atoms with van der Waals surface area (Å²) in [6.07, 6.45) is 4.57. The van der Waals surface area contributed by atoms with E-state index in [9.17, 15) is 9.59 Å². The van der Waals surface area contributed by atoms with Gasteiger partial charge in [-0.2, -0.15) is 0 Å². The Bertz CT molecular complexity index is 561. The van der Waals surface area contributed by atoms with E-state index in [1.54, 1.807) is 18.2 Å². The number of nitrogens with two attached hydrogens (primary N) is 2. The Morgan fingerprint density at radius 2 is 2.09 bits per heavy atom. The van der Waals surface area contributed by atoms with E-state index in [-0.39, 0.29) is 24.2 Å². The van der Waals surface area contributed by atoms with Crippen LogP contribution in [0.4, 0.5) is 0 Å². The second kappa shape index (κ2) is 8.31. The molecule has 0 aromatic heterocycles. The Morgan fingerprint density at radius 3 is 2.74 bits per heavy atom. The van der Waals surface area contributed by atoms with Crippen molar-refractivity contribution >= 4 is 24.2 Å². The zero-order valence-corrected chi connectivity index (χ0v) is 14.3. The molecule has 0 saturated heterocycles. The van der Waals surface area contributed by atoms with Crippen LogP contribution >= 0.6 is 12.4 Å². The Hall–Kier alpha value is -1.59. The number of carbonyl (C=O) groups is 2. The summed E-state index contributed by atoms with van der Waals surface area (Å²) in [5.74, 6) is -0.513. The first-order valence-electron chi connectivity index (χ1n) is 7.85. The fourth-order valence-electron chi connectivity index (χ4n) is 3.12. The molecule has 5 nitrogen and oxygen atoms in total. The first-order chi connectivity index (χ1) is 10.4. The summed E-state index contributed by atoms with van der Waals surface area (Å²) in [4.78, 5) is 23.5. The van der Waals surface area contributed by atoms with E-state index in [1.165, 1.54) is 0 Å². The Labute approximate surface area is 143 Å². The largest absolute Gasteiger partial charge is 0.366 e. The van der Waals surface area contributed by atoms with E-state index >= 15 is 0 Å². The predicted molar refractivity (Wildman–Crippen MR) is 93.5 cm³/mol. The van der Waals surface area contributed by atoms with Gasteiger partial charge in [0.15, 0.2) is 0 Å². The molecule has 0 heterocycles. The lowest BCUT2D eigenvalue weighted by molar-refractivity contribution is -0.128. The van der Waals surface area contributed by atoms with Crippen LogP contribution in [-0.2, 0) is 11.2 Å². The van der Waals surface area contributed by atoms with Crippen molar-refractivity contribution in [1.82, 2.24) is 5.32 Å². The number of nitrogens with one attached hydrogen (secondary N) is 1.